The maximum atomic E-state index is 12.5. The first-order valence-corrected chi connectivity index (χ1v) is 9.64. The molecular formula is C18H24N4OS. The van der Waals surface area contributed by atoms with Crippen LogP contribution in [0.4, 0.5) is 0 Å². The Balaban J connectivity index is 1.28. The molecule has 6 heteroatoms. The summed E-state index contributed by atoms with van der Waals surface area (Å²) >= 11 is 1.87. The lowest BCUT2D eigenvalue weighted by molar-refractivity contribution is -0.125. The average Bonchev–Trinajstić information content (AvgIpc) is 3.26. The van der Waals surface area contributed by atoms with Gasteiger partial charge in [-0.2, -0.15) is 0 Å². The Morgan fingerprint density at radius 1 is 1.50 bits per heavy atom. The van der Waals surface area contributed by atoms with Crippen molar-refractivity contribution in [1.29, 1.82) is 0 Å². The number of carbonyl (C=O) groups excluding carboxylic acids is 1. The van der Waals surface area contributed by atoms with Gasteiger partial charge in [-0.3, -0.25) is 9.69 Å². The van der Waals surface area contributed by atoms with E-state index in [0.717, 1.165) is 45.4 Å². The quantitative estimate of drug-likeness (QED) is 0.924. The van der Waals surface area contributed by atoms with Gasteiger partial charge in [-0.05, 0) is 36.8 Å². The van der Waals surface area contributed by atoms with Crippen LogP contribution in [0.2, 0.25) is 0 Å². The largest absolute Gasteiger partial charge is 0.354 e. The topological polar surface area (TPSA) is 50.2 Å². The molecule has 0 radical (unpaired) electrons. The fourth-order valence-electron chi connectivity index (χ4n) is 3.76. The molecule has 0 saturated heterocycles. The highest BCUT2D eigenvalue weighted by Crippen LogP contribution is 2.25. The molecule has 2 aliphatic heterocycles. The Morgan fingerprint density at radius 3 is 3.33 bits per heavy atom. The Labute approximate surface area is 146 Å². The smallest absolute Gasteiger partial charge is 0.223 e. The summed E-state index contributed by atoms with van der Waals surface area (Å²) < 4.78 is 2.15. The second-order valence-corrected chi connectivity index (χ2v) is 7.95. The number of amides is 1. The van der Waals surface area contributed by atoms with Gasteiger partial charge < -0.3 is 9.88 Å². The molecule has 128 valence electrons. The van der Waals surface area contributed by atoms with Gasteiger partial charge in [0.25, 0.3) is 0 Å². The van der Waals surface area contributed by atoms with Gasteiger partial charge >= 0.3 is 0 Å². The van der Waals surface area contributed by atoms with Crippen molar-refractivity contribution < 1.29 is 4.79 Å². The first-order chi connectivity index (χ1) is 11.7. The zero-order valence-corrected chi connectivity index (χ0v) is 14.9. The number of imidazole rings is 1. The Bertz CT molecular complexity index is 722. The van der Waals surface area contributed by atoms with Crippen LogP contribution in [0.5, 0.6) is 0 Å². The van der Waals surface area contributed by atoms with Crippen molar-refractivity contribution in [2.45, 2.75) is 45.3 Å². The minimum Gasteiger partial charge on any atom is -0.354 e. The SMILES string of the molecule is C[C@H](CNC(=O)[C@@H]1CCn2cncc2C1)N1CCc2sccc2C1. The van der Waals surface area contributed by atoms with Gasteiger partial charge in [-0.1, -0.05) is 0 Å². The summed E-state index contributed by atoms with van der Waals surface area (Å²) in [6.07, 6.45) is 6.60. The summed E-state index contributed by atoms with van der Waals surface area (Å²) in [5.41, 5.74) is 2.64. The number of rotatable bonds is 4. The van der Waals surface area contributed by atoms with Crippen LogP contribution in [0.25, 0.3) is 0 Å². The lowest BCUT2D eigenvalue weighted by Crippen LogP contribution is -2.46. The van der Waals surface area contributed by atoms with Gasteiger partial charge in [0.2, 0.25) is 5.91 Å². The van der Waals surface area contributed by atoms with Gasteiger partial charge in [-0.25, -0.2) is 4.98 Å². The summed E-state index contributed by atoms with van der Waals surface area (Å²) in [6.45, 7) is 5.95. The van der Waals surface area contributed by atoms with Gasteiger partial charge in [0.05, 0.1) is 6.33 Å². The van der Waals surface area contributed by atoms with Gasteiger partial charge in [0.15, 0.2) is 0 Å². The molecule has 0 aliphatic carbocycles. The highest BCUT2D eigenvalue weighted by atomic mass is 32.1. The predicted molar refractivity (Wildman–Crippen MR) is 94.9 cm³/mol. The number of carbonyl (C=O) groups is 1. The Morgan fingerprint density at radius 2 is 2.42 bits per heavy atom. The number of aryl methyl sites for hydroxylation is 1. The molecule has 0 spiro atoms. The van der Waals surface area contributed by atoms with Gasteiger partial charge in [0.1, 0.15) is 0 Å². The van der Waals surface area contributed by atoms with Crippen LogP contribution in [0.3, 0.4) is 0 Å². The van der Waals surface area contributed by atoms with Crippen molar-refractivity contribution in [2.75, 3.05) is 13.1 Å². The molecule has 0 unspecified atom stereocenters. The number of fused-ring (bicyclic) bond motifs is 2. The average molecular weight is 344 g/mol. The molecule has 2 aliphatic rings. The van der Waals surface area contributed by atoms with Crippen LogP contribution in [-0.4, -0.2) is 39.5 Å². The Hall–Kier alpha value is -1.66. The highest BCUT2D eigenvalue weighted by molar-refractivity contribution is 7.10. The van der Waals surface area contributed by atoms with Crippen molar-refractivity contribution in [3.05, 3.63) is 40.1 Å². The van der Waals surface area contributed by atoms with Gasteiger partial charge in [0, 0.05) is 61.3 Å². The van der Waals surface area contributed by atoms with Gasteiger partial charge in [-0.15, -0.1) is 11.3 Å². The minimum atomic E-state index is 0.0891. The number of nitrogens with zero attached hydrogens (tertiary/aromatic N) is 3. The molecule has 0 saturated carbocycles. The molecule has 0 fully saturated rings. The molecule has 4 heterocycles. The zero-order chi connectivity index (χ0) is 16.5. The van der Waals surface area contributed by atoms with E-state index in [2.05, 4.69) is 38.1 Å². The molecule has 4 rings (SSSR count). The lowest BCUT2D eigenvalue weighted by atomic mass is 9.95. The van der Waals surface area contributed by atoms with E-state index < -0.39 is 0 Å². The molecule has 1 amide bonds. The molecule has 0 aromatic carbocycles. The third-order valence-corrected chi connectivity index (χ3v) is 6.40. The first kappa shape index (κ1) is 15.8. The maximum Gasteiger partial charge on any atom is 0.223 e. The molecule has 2 aromatic rings. The van der Waals surface area contributed by atoms with Crippen LogP contribution < -0.4 is 5.32 Å². The van der Waals surface area contributed by atoms with E-state index in [0.29, 0.717) is 6.04 Å². The van der Waals surface area contributed by atoms with E-state index in [9.17, 15) is 4.79 Å². The van der Waals surface area contributed by atoms with Crippen LogP contribution >= 0.6 is 11.3 Å². The zero-order valence-electron chi connectivity index (χ0n) is 14.1. The van der Waals surface area contributed by atoms with E-state index in [-0.39, 0.29) is 11.8 Å². The van der Waals surface area contributed by atoms with E-state index in [1.54, 1.807) is 0 Å². The molecule has 0 bridgehead atoms. The van der Waals surface area contributed by atoms with Crippen LogP contribution in [0.15, 0.2) is 24.0 Å². The normalized spacial score (nSPS) is 21.8. The second-order valence-electron chi connectivity index (χ2n) is 6.95. The molecule has 5 nitrogen and oxygen atoms in total. The molecule has 1 N–H and O–H groups in total. The van der Waals surface area contributed by atoms with Crippen molar-refractivity contribution in [2.24, 2.45) is 5.92 Å². The second kappa shape index (κ2) is 6.69. The monoisotopic (exact) mass is 344 g/mol. The summed E-state index contributed by atoms with van der Waals surface area (Å²) in [5.74, 6) is 0.286. The van der Waals surface area contributed by atoms with Crippen LogP contribution in [0.1, 0.15) is 29.5 Å². The predicted octanol–water partition coefficient (Wildman–Crippen LogP) is 2.07. The third-order valence-electron chi connectivity index (χ3n) is 5.38. The Kier molecular flexibility index (Phi) is 4.41. The standard InChI is InChI=1S/C18H24N4OS/c1-13(21-6-3-17-15(11-21)4-7-24-17)9-20-18(23)14-2-5-22-12-19-10-16(22)8-14/h4,7,10,12-14H,2-3,5-6,8-9,11H2,1H3,(H,20,23)/t13-,14-/m1/s1. The molecule has 24 heavy (non-hydrogen) atoms. The van der Waals surface area contributed by atoms with E-state index >= 15 is 0 Å². The summed E-state index contributed by atoms with van der Waals surface area (Å²) in [7, 11) is 0. The molecule has 2 atom stereocenters. The number of thiophene rings is 1. The van der Waals surface area contributed by atoms with Crippen molar-refractivity contribution in [3.8, 4) is 0 Å². The lowest BCUT2D eigenvalue weighted by Gasteiger charge is -2.33. The van der Waals surface area contributed by atoms with E-state index in [1.165, 1.54) is 16.1 Å². The first-order valence-electron chi connectivity index (χ1n) is 8.76. The van der Waals surface area contributed by atoms with Crippen molar-refractivity contribution in [1.82, 2.24) is 19.8 Å². The number of aromatic nitrogens is 2. The highest BCUT2D eigenvalue weighted by Gasteiger charge is 2.26. The van der Waals surface area contributed by atoms with E-state index in [1.807, 2.05) is 23.9 Å². The third kappa shape index (κ3) is 3.13. The molecule has 2 aromatic heterocycles. The van der Waals surface area contributed by atoms with Crippen molar-refractivity contribution in [3.63, 3.8) is 0 Å². The maximum absolute atomic E-state index is 12.5. The fourth-order valence-corrected chi connectivity index (χ4v) is 4.65. The fraction of sp³-hybridized carbons (Fsp3) is 0.556. The molecular weight excluding hydrogens is 320 g/mol. The van der Waals surface area contributed by atoms with Crippen molar-refractivity contribution >= 4 is 17.2 Å². The number of hydrogen-bond acceptors (Lipinski definition) is 4. The summed E-state index contributed by atoms with van der Waals surface area (Å²) in [5, 5.41) is 5.37. The van der Waals surface area contributed by atoms with Crippen LogP contribution in [0, 0.1) is 5.92 Å². The summed E-state index contributed by atoms with van der Waals surface area (Å²) in [4.78, 5) is 20.7. The number of hydrogen-bond donors (Lipinski definition) is 1. The minimum absolute atomic E-state index is 0.0891. The van der Waals surface area contributed by atoms with E-state index in [4.69, 9.17) is 0 Å². The number of nitrogens with one attached hydrogen (secondary N) is 1. The van der Waals surface area contributed by atoms with Crippen LogP contribution in [-0.2, 0) is 30.7 Å². The summed E-state index contributed by atoms with van der Waals surface area (Å²) in [6, 6.07) is 2.61.